The van der Waals surface area contributed by atoms with Crippen LogP contribution in [0.2, 0.25) is 0 Å². The molecule has 0 bridgehead atoms. The second kappa shape index (κ2) is 5.18. The second-order valence-corrected chi connectivity index (χ2v) is 7.79. The highest BCUT2D eigenvalue weighted by atomic mass is 32.2. The van der Waals surface area contributed by atoms with Crippen LogP contribution in [-0.4, -0.2) is 24.0 Å². The fraction of sp³-hybridized carbons (Fsp3) is 0.400. The number of aryl methyl sites for hydroxylation is 1. The van der Waals surface area contributed by atoms with Gasteiger partial charge in [0.1, 0.15) is 11.1 Å². The van der Waals surface area contributed by atoms with Crippen LogP contribution in [0.1, 0.15) is 30.2 Å². The van der Waals surface area contributed by atoms with E-state index < -0.39 is 15.1 Å². The van der Waals surface area contributed by atoms with E-state index in [-0.39, 0.29) is 5.75 Å². The van der Waals surface area contributed by atoms with E-state index in [4.69, 9.17) is 5.73 Å². The molecule has 0 amide bonds. The number of sulfone groups is 1. The summed E-state index contributed by atoms with van der Waals surface area (Å²) in [4.78, 5) is 0. The highest BCUT2D eigenvalue weighted by Crippen LogP contribution is 2.40. The number of hydrogen-bond acceptors (Lipinski definition) is 4. The molecule has 2 aromatic rings. The maximum atomic E-state index is 12.4. The minimum Gasteiger partial charge on any atom is -0.383 e. The first-order chi connectivity index (χ1) is 10.0. The Hall–Kier alpha value is -1.82. The Morgan fingerprint density at radius 1 is 1.24 bits per heavy atom. The summed E-state index contributed by atoms with van der Waals surface area (Å²) in [5.41, 5.74) is 8.41. The summed E-state index contributed by atoms with van der Waals surface area (Å²) in [6.07, 6.45) is 2.27. The van der Waals surface area contributed by atoms with Gasteiger partial charge >= 0.3 is 0 Å². The summed E-state index contributed by atoms with van der Waals surface area (Å²) in [5.74, 6) is 0.750. The van der Waals surface area contributed by atoms with E-state index >= 15 is 0 Å². The minimum absolute atomic E-state index is 0.238. The molecule has 2 heterocycles. The summed E-state index contributed by atoms with van der Waals surface area (Å²) in [6, 6.07) is 9.63. The Balaban J connectivity index is 2.18. The summed E-state index contributed by atoms with van der Waals surface area (Å²) in [7, 11) is -1.39. The first-order valence-electron chi connectivity index (χ1n) is 7.10. The molecule has 1 aliphatic rings. The highest BCUT2D eigenvalue weighted by molar-refractivity contribution is 7.91. The monoisotopic (exact) mass is 305 g/mol. The van der Waals surface area contributed by atoms with E-state index in [0.717, 1.165) is 24.0 Å². The van der Waals surface area contributed by atoms with Gasteiger partial charge in [0.05, 0.1) is 11.4 Å². The largest absolute Gasteiger partial charge is 0.383 e. The van der Waals surface area contributed by atoms with Crippen LogP contribution in [0, 0.1) is 0 Å². The predicted molar refractivity (Wildman–Crippen MR) is 83.4 cm³/mol. The average molecular weight is 305 g/mol. The van der Waals surface area contributed by atoms with Gasteiger partial charge in [-0.1, -0.05) is 36.8 Å². The maximum absolute atomic E-state index is 12.4. The van der Waals surface area contributed by atoms with Crippen molar-refractivity contribution >= 4 is 15.7 Å². The topological polar surface area (TPSA) is 78.0 Å². The first kappa shape index (κ1) is 14.1. The molecular formula is C15H19N3O2S. The molecule has 0 saturated carbocycles. The summed E-state index contributed by atoms with van der Waals surface area (Å²) in [6.45, 7) is 0. The molecule has 6 heteroatoms. The first-order valence-corrected chi connectivity index (χ1v) is 8.81. The molecule has 1 atom stereocenters. The Bertz CT molecular complexity index is 751. The van der Waals surface area contributed by atoms with Gasteiger partial charge in [-0.2, -0.15) is 5.10 Å². The lowest BCUT2D eigenvalue weighted by Gasteiger charge is -2.21. The number of nitrogen functional groups attached to an aromatic ring is 1. The quantitative estimate of drug-likeness (QED) is 0.923. The molecule has 1 aromatic carbocycles. The molecule has 5 nitrogen and oxygen atoms in total. The molecule has 3 rings (SSSR count). The standard InChI is InChI=1S/C15H19N3O2S/c1-18-15(16)13(11-7-3-2-4-8-11)14(17-18)12-9-5-6-10-21(12,19)20/h2-4,7-8,12H,5-6,9-10,16H2,1H3. The maximum Gasteiger partial charge on any atom is 0.158 e. The van der Waals surface area contributed by atoms with Crippen LogP contribution in [0.15, 0.2) is 30.3 Å². The lowest BCUT2D eigenvalue weighted by molar-refractivity contribution is 0.540. The highest BCUT2D eigenvalue weighted by Gasteiger charge is 2.35. The fourth-order valence-electron chi connectivity index (χ4n) is 2.95. The van der Waals surface area contributed by atoms with Gasteiger partial charge in [-0.3, -0.25) is 4.68 Å². The molecule has 1 aromatic heterocycles. The van der Waals surface area contributed by atoms with Crippen molar-refractivity contribution in [1.29, 1.82) is 0 Å². The van der Waals surface area contributed by atoms with Gasteiger partial charge in [-0.25, -0.2) is 8.42 Å². The van der Waals surface area contributed by atoms with Crippen molar-refractivity contribution in [3.05, 3.63) is 36.0 Å². The lowest BCUT2D eigenvalue weighted by atomic mass is 10.0. The van der Waals surface area contributed by atoms with Crippen LogP contribution in [0.3, 0.4) is 0 Å². The Morgan fingerprint density at radius 3 is 2.62 bits per heavy atom. The number of aromatic nitrogens is 2. The molecule has 1 aliphatic heterocycles. The van der Waals surface area contributed by atoms with E-state index in [1.165, 1.54) is 0 Å². The van der Waals surface area contributed by atoms with E-state index in [2.05, 4.69) is 5.10 Å². The van der Waals surface area contributed by atoms with Crippen molar-refractivity contribution in [2.75, 3.05) is 11.5 Å². The van der Waals surface area contributed by atoms with Crippen molar-refractivity contribution in [1.82, 2.24) is 9.78 Å². The van der Waals surface area contributed by atoms with Crippen LogP contribution < -0.4 is 5.73 Å². The van der Waals surface area contributed by atoms with Crippen molar-refractivity contribution in [2.24, 2.45) is 7.05 Å². The molecule has 0 aliphatic carbocycles. The number of hydrogen-bond donors (Lipinski definition) is 1. The molecule has 21 heavy (non-hydrogen) atoms. The smallest absolute Gasteiger partial charge is 0.158 e. The fourth-order valence-corrected chi connectivity index (χ4v) is 4.87. The molecule has 1 fully saturated rings. The van der Waals surface area contributed by atoms with Gasteiger partial charge in [0.15, 0.2) is 9.84 Å². The normalized spacial score (nSPS) is 21.3. The second-order valence-electron chi connectivity index (χ2n) is 5.49. The molecular weight excluding hydrogens is 286 g/mol. The Kier molecular flexibility index (Phi) is 3.49. The van der Waals surface area contributed by atoms with E-state index in [9.17, 15) is 8.42 Å². The number of rotatable bonds is 2. The Morgan fingerprint density at radius 2 is 1.95 bits per heavy atom. The van der Waals surface area contributed by atoms with E-state index in [1.54, 1.807) is 11.7 Å². The predicted octanol–water partition coefficient (Wildman–Crippen LogP) is 2.31. The molecule has 1 saturated heterocycles. The average Bonchev–Trinajstić information content (AvgIpc) is 2.75. The number of benzene rings is 1. The number of nitrogens with zero attached hydrogens (tertiary/aromatic N) is 2. The summed E-state index contributed by atoms with van der Waals surface area (Å²) < 4.78 is 26.4. The minimum atomic E-state index is -3.14. The van der Waals surface area contributed by atoms with E-state index in [0.29, 0.717) is 17.9 Å². The zero-order valence-electron chi connectivity index (χ0n) is 12.0. The van der Waals surface area contributed by atoms with Crippen LogP contribution in [0.5, 0.6) is 0 Å². The SMILES string of the molecule is Cn1nc(C2CCCCS2(=O)=O)c(-c2ccccc2)c1N. The third-order valence-electron chi connectivity index (χ3n) is 4.06. The van der Waals surface area contributed by atoms with Crippen LogP contribution in [0.25, 0.3) is 11.1 Å². The third kappa shape index (κ3) is 2.44. The van der Waals surface area contributed by atoms with Crippen molar-refractivity contribution in [3.63, 3.8) is 0 Å². The van der Waals surface area contributed by atoms with Crippen LogP contribution in [-0.2, 0) is 16.9 Å². The molecule has 0 spiro atoms. The van der Waals surface area contributed by atoms with Gasteiger partial charge in [-0.05, 0) is 18.4 Å². The molecule has 112 valence electrons. The zero-order chi connectivity index (χ0) is 15.0. The van der Waals surface area contributed by atoms with Gasteiger partial charge in [0.25, 0.3) is 0 Å². The van der Waals surface area contributed by atoms with Crippen molar-refractivity contribution < 1.29 is 8.42 Å². The summed E-state index contributed by atoms with van der Waals surface area (Å²) >= 11 is 0. The lowest BCUT2D eigenvalue weighted by Crippen LogP contribution is -2.22. The summed E-state index contributed by atoms with van der Waals surface area (Å²) in [5, 5.41) is 3.88. The van der Waals surface area contributed by atoms with Crippen LogP contribution in [0.4, 0.5) is 5.82 Å². The number of nitrogens with two attached hydrogens (primary N) is 1. The van der Waals surface area contributed by atoms with Gasteiger partial charge in [-0.15, -0.1) is 0 Å². The molecule has 1 unspecified atom stereocenters. The van der Waals surface area contributed by atoms with Crippen LogP contribution >= 0.6 is 0 Å². The van der Waals surface area contributed by atoms with Crippen molar-refractivity contribution in [2.45, 2.75) is 24.5 Å². The molecule has 2 N–H and O–H groups in total. The Labute approximate surface area is 124 Å². The van der Waals surface area contributed by atoms with Gasteiger partial charge in [0.2, 0.25) is 0 Å². The zero-order valence-corrected chi connectivity index (χ0v) is 12.8. The number of anilines is 1. The van der Waals surface area contributed by atoms with Crippen molar-refractivity contribution in [3.8, 4) is 11.1 Å². The van der Waals surface area contributed by atoms with Gasteiger partial charge in [0, 0.05) is 12.6 Å². The van der Waals surface area contributed by atoms with Gasteiger partial charge < -0.3 is 5.73 Å². The molecule has 0 radical (unpaired) electrons. The van der Waals surface area contributed by atoms with E-state index in [1.807, 2.05) is 30.3 Å². The third-order valence-corrected chi connectivity index (χ3v) is 6.25.